The average Bonchev–Trinajstić information content (AvgIpc) is 3.26. The van der Waals surface area contributed by atoms with Gasteiger partial charge in [-0.3, -0.25) is 4.79 Å². The Hall–Kier alpha value is -1.49. The Bertz CT molecular complexity index is 529. The number of hydrogen-bond acceptors (Lipinski definition) is 2. The van der Waals surface area contributed by atoms with Crippen LogP contribution in [0, 0.1) is 17.6 Å². The quantitative estimate of drug-likeness (QED) is 0.930. The van der Waals surface area contributed by atoms with Crippen LogP contribution in [0.1, 0.15) is 37.2 Å². The van der Waals surface area contributed by atoms with Crippen molar-refractivity contribution in [2.75, 3.05) is 13.1 Å². The minimum atomic E-state index is -0.552. The number of benzene rings is 1. The molecular formula is C16H20F2N2O. The largest absolute Gasteiger partial charge is 0.338 e. The second kappa shape index (κ2) is 5.72. The van der Waals surface area contributed by atoms with Crippen molar-refractivity contribution in [2.24, 2.45) is 11.7 Å². The highest BCUT2D eigenvalue weighted by Crippen LogP contribution is 2.50. The number of piperidine rings is 1. The van der Waals surface area contributed by atoms with Crippen molar-refractivity contribution in [3.05, 3.63) is 35.4 Å². The zero-order valence-corrected chi connectivity index (χ0v) is 11.9. The van der Waals surface area contributed by atoms with Crippen molar-refractivity contribution in [1.82, 2.24) is 4.90 Å². The summed E-state index contributed by atoms with van der Waals surface area (Å²) in [6, 6.07) is 3.93. The zero-order valence-electron chi connectivity index (χ0n) is 11.9. The van der Waals surface area contributed by atoms with Crippen LogP contribution in [0.4, 0.5) is 8.78 Å². The summed E-state index contributed by atoms with van der Waals surface area (Å²) in [5.41, 5.74) is 5.80. The van der Waals surface area contributed by atoms with Crippen LogP contribution in [0.25, 0.3) is 0 Å². The van der Waals surface area contributed by atoms with Crippen LogP contribution in [-0.4, -0.2) is 29.9 Å². The molecule has 3 atom stereocenters. The topological polar surface area (TPSA) is 46.3 Å². The number of rotatable bonds is 3. The van der Waals surface area contributed by atoms with Gasteiger partial charge in [0.05, 0.1) is 0 Å². The molecule has 1 aliphatic heterocycles. The van der Waals surface area contributed by atoms with E-state index in [0.717, 1.165) is 19.3 Å². The van der Waals surface area contributed by atoms with Crippen LogP contribution >= 0.6 is 0 Å². The Morgan fingerprint density at radius 1 is 1.29 bits per heavy atom. The third-order valence-corrected chi connectivity index (χ3v) is 4.66. The number of nitrogens with two attached hydrogens (primary N) is 1. The summed E-state index contributed by atoms with van der Waals surface area (Å²) in [4.78, 5) is 14.4. The lowest BCUT2D eigenvalue weighted by molar-refractivity contribution is -0.136. The maximum Gasteiger partial charge on any atom is 0.226 e. The predicted molar refractivity (Wildman–Crippen MR) is 75.6 cm³/mol. The van der Waals surface area contributed by atoms with Gasteiger partial charge in [0.25, 0.3) is 0 Å². The van der Waals surface area contributed by atoms with Gasteiger partial charge >= 0.3 is 0 Å². The number of halogens is 2. The minimum Gasteiger partial charge on any atom is -0.338 e. The molecule has 0 radical (unpaired) electrons. The molecule has 0 unspecified atom stereocenters. The molecule has 3 nitrogen and oxygen atoms in total. The van der Waals surface area contributed by atoms with Crippen molar-refractivity contribution in [3.8, 4) is 0 Å². The molecule has 0 aromatic heterocycles. The van der Waals surface area contributed by atoms with Crippen molar-refractivity contribution >= 4 is 5.91 Å². The lowest BCUT2D eigenvalue weighted by atomic mass is 10.0. The molecule has 2 fully saturated rings. The monoisotopic (exact) mass is 294 g/mol. The van der Waals surface area contributed by atoms with Crippen LogP contribution in [0.5, 0.6) is 0 Å². The summed E-state index contributed by atoms with van der Waals surface area (Å²) in [6.07, 6.45) is 3.52. The molecule has 0 spiro atoms. The highest BCUT2D eigenvalue weighted by molar-refractivity contribution is 5.83. The molecule has 1 saturated carbocycles. The number of likely N-dealkylation sites (tertiary alicyclic amines) is 1. The van der Waals surface area contributed by atoms with E-state index in [-0.39, 0.29) is 29.3 Å². The summed E-state index contributed by atoms with van der Waals surface area (Å²) in [6.45, 7) is 1.17. The first-order valence-electron chi connectivity index (χ1n) is 7.58. The fourth-order valence-electron chi connectivity index (χ4n) is 3.40. The summed E-state index contributed by atoms with van der Waals surface area (Å²) in [5, 5.41) is 0. The zero-order chi connectivity index (χ0) is 15.0. The molecule has 5 heteroatoms. The molecule has 1 amide bonds. The molecule has 1 aliphatic carbocycles. The average molecular weight is 294 g/mol. The van der Waals surface area contributed by atoms with E-state index in [4.69, 9.17) is 5.73 Å². The van der Waals surface area contributed by atoms with Gasteiger partial charge in [-0.15, -0.1) is 0 Å². The van der Waals surface area contributed by atoms with Crippen molar-refractivity contribution in [2.45, 2.75) is 37.6 Å². The fourth-order valence-corrected chi connectivity index (χ4v) is 3.40. The van der Waals surface area contributed by atoms with Crippen LogP contribution < -0.4 is 5.73 Å². The van der Waals surface area contributed by atoms with Crippen LogP contribution in [0.15, 0.2) is 18.2 Å². The molecule has 2 N–H and O–H groups in total. The third-order valence-electron chi connectivity index (χ3n) is 4.66. The minimum absolute atomic E-state index is 0.0119. The van der Waals surface area contributed by atoms with Crippen molar-refractivity contribution < 1.29 is 13.6 Å². The van der Waals surface area contributed by atoms with Gasteiger partial charge in [-0.25, -0.2) is 8.78 Å². The summed E-state index contributed by atoms with van der Waals surface area (Å²) in [7, 11) is 0. The van der Waals surface area contributed by atoms with Gasteiger partial charge in [-0.1, -0.05) is 6.07 Å². The third kappa shape index (κ3) is 2.67. The van der Waals surface area contributed by atoms with Crippen LogP contribution in [-0.2, 0) is 4.79 Å². The SMILES string of the molecule is NC[C@@H]1CCCCN1C(=O)[C@H]1C[C@@H]1c1c(F)cccc1F. The Kier molecular flexibility index (Phi) is 3.93. The molecule has 1 aromatic carbocycles. The van der Waals surface area contributed by atoms with E-state index < -0.39 is 11.6 Å². The first kappa shape index (κ1) is 14.4. The summed E-state index contributed by atoms with van der Waals surface area (Å²) in [5.74, 6) is -1.70. The van der Waals surface area contributed by atoms with E-state index in [1.54, 1.807) is 0 Å². The number of amides is 1. The molecule has 2 aliphatic rings. The maximum atomic E-state index is 13.8. The normalized spacial score (nSPS) is 28.5. The number of nitrogens with zero attached hydrogens (tertiary/aromatic N) is 1. The van der Waals surface area contributed by atoms with Crippen molar-refractivity contribution in [3.63, 3.8) is 0 Å². The summed E-state index contributed by atoms with van der Waals surface area (Å²) < 4.78 is 27.6. The lowest BCUT2D eigenvalue weighted by Crippen LogP contribution is -2.48. The highest BCUT2D eigenvalue weighted by Gasteiger charge is 2.49. The van der Waals surface area contributed by atoms with Gasteiger partial charge in [0.15, 0.2) is 0 Å². The van der Waals surface area contributed by atoms with E-state index in [0.29, 0.717) is 19.5 Å². The Labute approximate surface area is 123 Å². The molecule has 3 rings (SSSR count). The standard InChI is InChI=1S/C16H20F2N2O/c17-13-5-3-6-14(18)15(13)11-8-12(11)16(21)20-7-2-1-4-10(20)9-19/h3,5-6,10-12H,1-2,4,7-9,19H2/t10-,11-,12-/m0/s1. The Morgan fingerprint density at radius 3 is 2.67 bits per heavy atom. The number of carbonyl (C=O) groups is 1. The predicted octanol–water partition coefficient (Wildman–Crippen LogP) is 2.41. The second-order valence-electron chi connectivity index (χ2n) is 6.00. The van der Waals surface area contributed by atoms with E-state index in [2.05, 4.69) is 0 Å². The molecular weight excluding hydrogens is 274 g/mol. The number of carbonyl (C=O) groups excluding carboxylic acids is 1. The van der Waals surface area contributed by atoms with E-state index in [9.17, 15) is 13.6 Å². The van der Waals surface area contributed by atoms with E-state index in [1.165, 1.54) is 18.2 Å². The van der Waals surface area contributed by atoms with E-state index in [1.807, 2.05) is 4.90 Å². The second-order valence-corrected chi connectivity index (χ2v) is 6.00. The molecule has 21 heavy (non-hydrogen) atoms. The van der Waals surface area contributed by atoms with Crippen molar-refractivity contribution in [1.29, 1.82) is 0 Å². The van der Waals surface area contributed by atoms with Gasteiger partial charge in [0.2, 0.25) is 5.91 Å². The summed E-state index contributed by atoms with van der Waals surface area (Å²) >= 11 is 0. The molecule has 114 valence electrons. The number of hydrogen-bond donors (Lipinski definition) is 1. The smallest absolute Gasteiger partial charge is 0.226 e. The van der Waals surface area contributed by atoms with Gasteiger partial charge in [0, 0.05) is 36.5 Å². The van der Waals surface area contributed by atoms with E-state index >= 15 is 0 Å². The lowest BCUT2D eigenvalue weighted by Gasteiger charge is -2.35. The Balaban J connectivity index is 1.74. The highest BCUT2D eigenvalue weighted by atomic mass is 19.1. The molecule has 1 saturated heterocycles. The van der Waals surface area contributed by atoms with Gasteiger partial charge in [-0.2, -0.15) is 0 Å². The first-order valence-corrected chi connectivity index (χ1v) is 7.58. The fraction of sp³-hybridized carbons (Fsp3) is 0.562. The first-order chi connectivity index (χ1) is 10.1. The molecule has 0 bridgehead atoms. The molecule has 1 heterocycles. The van der Waals surface area contributed by atoms with Gasteiger partial charge < -0.3 is 10.6 Å². The van der Waals surface area contributed by atoms with Crippen LogP contribution in [0.2, 0.25) is 0 Å². The molecule has 1 aromatic rings. The Morgan fingerprint density at radius 2 is 2.00 bits per heavy atom. The maximum absolute atomic E-state index is 13.8. The van der Waals surface area contributed by atoms with Crippen LogP contribution in [0.3, 0.4) is 0 Å². The van der Waals surface area contributed by atoms with Gasteiger partial charge in [-0.05, 0) is 37.8 Å². The van der Waals surface area contributed by atoms with Gasteiger partial charge in [0.1, 0.15) is 11.6 Å².